The summed E-state index contributed by atoms with van der Waals surface area (Å²) in [5.41, 5.74) is 0.899. The molecule has 0 bridgehead atoms. The first-order valence-electron chi connectivity index (χ1n) is 7.71. The Hall–Kier alpha value is -3.03. The van der Waals surface area contributed by atoms with Crippen molar-refractivity contribution in [3.05, 3.63) is 45.1 Å². The molecule has 8 heteroatoms. The lowest BCUT2D eigenvalue weighted by atomic mass is 10.2. The number of aryl methyl sites for hydroxylation is 2. The van der Waals surface area contributed by atoms with Crippen LogP contribution in [0.3, 0.4) is 0 Å². The van der Waals surface area contributed by atoms with Gasteiger partial charge in [-0.05, 0) is 18.6 Å². The number of anilines is 2. The van der Waals surface area contributed by atoms with Crippen LogP contribution in [0.2, 0.25) is 0 Å². The number of rotatable bonds is 2. The lowest BCUT2D eigenvalue weighted by Gasteiger charge is -2.29. The maximum absolute atomic E-state index is 12.3. The van der Waals surface area contributed by atoms with Crippen LogP contribution in [0.5, 0.6) is 5.75 Å². The van der Waals surface area contributed by atoms with Crippen LogP contribution in [-0.2, 0) is 13.6 Å². The minimum Gasteiger partial charge on any atom is -0.497 e. The Morgan fingerprint density at radius 3 is 2.88 bits per heavy atom. The number of H-pyrrole nitrogens is 1. The van der Waals surface area contributed by atoms with Gasteiger partial charge in [-0.25, -0.2) is 4.79 Å². The second-order valence-corrected chi connectivity index (χ2v) is 5.76. The lowest BCUT2D eigenvalue weighted by Crippen LogP contribution is -2.31. The SMILES string of the molecule is COc1cccc(N2CCCn3c2nc2c3c(=O)[nH]c(=O)n2C)c1. The monoisotopic (exact) mass is 327 g/mol. The number of nitrogens with zero attached hydrogens (tertiary/aromatic N) is 4. The molecule has 124 valence electrons. The van der Waals surface area contributed by atoms with Crippen molar-refractivity contribution in [1.29, 1.82) is 0 Å². The molecule has 0 spiro atoms. The molecule has 0 radical (unpaired) electrons. The van der Waals surface area contributed by atoms with Crippen LogP contribution in [-0.4, -0.2) is 32.8 Å². The van der Waals surface area contributed by atoms with Gasteiger partial charge in [0, 0.05) is 31.9 Å². The van der Waals surface area contributed by atoms with Crippen molar-refractivity contribution < 1.29 is 4.74 Å². The number of ether oxygens (including phenoxy) is 1. The van der Waals surface area contributed by atoms with E-state index in [2.05, 4.69) is 9.97 Å². The summed E-state index contributed by atoms with van der Waals surface area (Å²) in [6.45, 7) is 1.47. The van der Waals surface area contributed by atoms with E-state index in [4.69, 9.17) is 4.74 Å². The molecular formula is C16H17N5O3. The highest BCUT2D eigenvalue weighted by molar-refractivity contribution is 5.77. The van der Waals surface area contributed by atoms with E-state index >= 15 is 0 Å². The van der Waals surface area contributed by atoms with Crippen LogP contribution in [0.15, 0.2) is 33.9 Å². The molecule has 1 aromatic carbocycles. The second kappa shape index (κ2) is 5.26. The number of benzene rings is 1. The standard InChI is InChI=1S/C16H17N5O3/c1-19-13-12(14(22)18-16(19)23)21-8-4-7-20(15(21)17-13)10-5-3-6-11(9-10)24-2/h3,5-6,9H,4,7-8H2,1-2H3,(H,18,22,23). The molecule has 0 atom stereocenters. The van der Waals surface area contributed by atoms with Crippen LogP contribution in [0.25, 0.3) is 11.2 Å². The van der Waals surface area contributed by atoms with Crippen LogP contribution < -0.4 is 20.9 Å². The number of nitrogens with one attached hydrogen (secondary N) is 1. The summed E-state index contributed by atoms with van der Waals surface area (Å²) >= 11 is 0. The smallest absolute Gasteiger partial charge is 0.329 e. The molecular weight excluding hydrogens is 310 g/mol. The normalized spacial score (nSPS) is 14.0. The maximum atomic E-state index is 12.3. The average Bonchev–Trinajstić information content (AvgIpc) is 3.00. The Bertz CT molecular complexity index is 1050. The molecule has 0 saturated heterocycles. The van der Waals surface area contributed by atoms with Gasteiger partial charge in [-0.2, -0.15) is 4.98 Å². The van der Waals surface area contributed by atoms with Gasteiger partial charge in [0.25, 0.3) is 5.56 Å². The summed E-state index contributed by atoms with van der Waals surface area (Å²) in [5, 5.41) is 0. The van der Waals surface area contributed by atoms with E-state index in [0.717, 1.165) is 24.4 Å². The van der Waals surface area contributed by atoms with Gasteiger partial charge < -0.3 is 14.2 Å². The highest BCUT2D eigenvalue weighted by atomic mass is 16.5. The average molecular weight is 327 g/mol. The lowest BCUT2D eigenvalue weighted by molar-refractivity contribution is 0.415. The predicted octanol–water partition coefficient (Wildman–Crippen LogP) is 0.974. The zero-order valence-corrected chi connectivity index (χ0v) is 13.4. The zero-order valence-electron chi connectivity index (χ0n) is 13.4. The molecule has 1 N–H and O–H groups in total. The van der Waals surface area contributed by atoms with E-state index < -0.39 is 11.2 Å². The Morgan fingerprint density at radius 2 is 2.08 bits per heavy atom. The van der Waals surface area contributed by atoms with Gasteiger partial charge in [0.1, 0.15) is 5.75 Å². The number of hydrogen-bond acceptors (Lipinski definition) is 5. The highest BCUT2D eigenvalue weighted by Crippen LogP contribution is 2.32. The van der Waals surface area contributed by atoms with E-state index in [0.29, 0.717) is 23.7 Å². The summed E-state index contributed by atoms with van der Waals surface area (Å²) in [5.74, 6) is 1.42. The molecule has 3 heterocycles. The molecule has 2 aromatic heterocycles. The number of fused-ring (bicyclic) bond motifs is 3. The van der Waals surface area contributed by atoms with E-state index in [1.54, 1.807) is 14.2 Å². The predicted molar refractivity (Wildman–Crippen MR) is 90.2 cm³/mol. The zero-order chi connectivity index (χ0) is 16.8. The van der Waals surface area contributed by atoms with Gasteiger partial charge in [0.15, 0.2) is 11.2 Å². The summed E-state index contributed by atoms with van der Waals surface area (Å²) < 4.78 is 8.53. The van der Waals surface area contributed by atoms with Gasteiger partial charge in [0.2, 0.25) is 5.95 Å². The molecule has 1 aliphatic rings. The summed E-state index contributed by atoms with van der Waals surface area (Å²) in [4.78, 5) is 33.0. The Morgan fingerprint density at radius 1 is 1.25 bits per heavy atom. The molecule has 0 fully saturated rings. The van der Waals surface area contributed by atoms with Crippen LogP contribution in [0.4, 0.5) is 11.6 Å². The molecule has 0 unspecified atom stereocenters. The topological polar surface area (TPSA) is 85.2 Å². The minimum absolute atomic E-state index is 0.397. The maximum Gasteiger partial charge on any atom is 0.329 e. The molecule has 24 heavy (non-hydrogen) atoms. The Kier molecular flexibility index (Phi) is 3.19. The third-order valence-electron chi connectivity index (χ3n) is 4.36. The third-order valence-corrected chi connectivity index (χ3v) is 4.36. The van der Waals surface area contributed by atoms with E-state index in [9.17, 15) is 9.59 Å². The van der Waals surface area contributed by atoms with Crippen molar-refractivity contribution in [1.82, 2.24) is 19.1 Å². The van der Waals surface area contributed by atoms with Gasteiger partial charge in [-0.15, -0.1) is 0 Å². The Labute approximate surface area is 136 Å². The molecule has 4 rings (SSSR count). The molecule has 0 amide bonds. The van der Waals surface area contributed by atoms with Gasteiger partial charge in [-0.3, -0.25) is 14.3 Å². The van der Waals surface area contributed by atoms with Crippen molar-refractivity contribution in [3.63, 3.8) is 0 Å². The summed E-state index contributed by atoms with van der Waals surface area (Å²) in [6.07, 6.45) is 0.873. The fourth-order valence-electron chi connectivity index (χ4n) is 3.15. The number of imidazole rings is 1. The van der Waals surface area contributed by atoms with E-state index in [-0.39, 0.29) is 0 Å². The molecule has 1 aliphatic heterocycles. The molecule has 8 nitrogen and oxygen atoms in total. The van der Waals surface area contributed by atoms with Crippen molar-refractivity contribution in [2.75, 3.05) is 18.6 Å². The van der Waals surface area contributed by atoms with Gasteiger partial charge in [0.05, 0.1) is 7.11 Å². The number of aromatic amines is 1. The van der Waals surface area contributed by atoms with Crippen LogP contribution >= 0.6 is 0 Å². The quantitative estimate of drug-likeness (QED) is 0.758. The molecule has 0 aliphatic carbocycles. The fourth-order valence-corrected chi connectivity index (χ4v) is 3.15. The van der Waals surface area contributed by atoms with Gasteiger partial charge in [-0.1, -0.05) is 6.07 Å². The first kappa shape index (κ1) is 14.6. The van der Waals surface area contributed by atoms with Crippen LogP contribution in [0.1, 0.15) is 6.42 Å². The summed E-state index contributed by atoms with van der Waals surface area (Å²) in [7, 11) is 3.23. The van der Waals surface area contributed by atoms with Gasteiger partial charge >= 0.3 is 5.69 Å². The van der Waals surface area contributed by atoms with Crippen molar-refractivity contribution in [2.24, 2.45) is 7.05 Å². The number of methoxy groups -OCH3 is 1. The highest BCUT2D eigenvalue weighted by Gasteiger charge is 2.25. The van der Waals surface area contributed by atoms with E-state index in [1.807, 2.05) is 33.7 Å². The van der Waals surface area contributed by atoms with Crippen LogP contribution in [0, 0.1) is 0 Å². The number of aromatic nitrogens is 4. The molecule has 0 saturated carbocycles. The van der Waals surface area contributed by atoms with E-state index in [1.165, 1.54) is 4.57 Å². The summed E-state index contributed by atoms with van der Waals surface area (Å²) in [6, 6.07) is 7.70. The third kappa shape index (κ3) is 2.03. The largest absolute Gasteiger partial charge is 0.497 e. The fraction of sp³-hybridized carbons (Fsp3) is 0.312. The minimum atomic E-state index is -0.462. The first-order chi connectivity index (χ1) is 11.6. The number of hydrogen-bond donors (Lipinski definition) is 1. The van der Waals surface area contributed by atoms with Crippen molar-refractivity contribution >= 4 is 22.8 Å². The van der Waals surface area contributed by atoms with Crippen molar-refractivity contribution in [3.8, 4) is 5.75 Å². The first-order valence-corrected chi connectivity index (χ1v) is 7.71. The Balaban J connectivity index is 1.96. The van der Waals surface area contributed by atoms with Crippen molar-refractivity contribution in [2.45, 2.75) is 13.0 Å². The second-order valence-electron chi connectivity index (χ2n) is 5.76. The molecule has 3 aromatic rings.